The van der Waals surface area contributed by atoms with Gasteiger partial charge in [0.15, 0.2) is 11.5 Å². The summed E-state index contributed by atoms with van der Waals surface area (Å²) in [5.41, 5.74) is 7.42. The Kier molecular flexibility index (Phi) is 4.40. The molecule has 1 aliphatic heterocycles. The molecule has 2 N–H and O–H groups in total. The van der Waals surface area contributed by atoms with E-state index in [9.17, 15) is 9.18 Å². The molecule has 1 fully saturated rings. The Bertz CT molecular complexity index is 955. The number of hydrogen-bond donors (Lipinski definition) is 1. The first-order valence-corrected chi connectivity index (χ1v) is 9.21. The first-order valence-electron chi connectivity index (χ1n) is 8.42. The van der Waals surface area contributed by atoms with Crippen molar-refractivity contribution in [3.05, 3.63) is 58.1 Å². The van der Waals surface area contributed by atoms with Crippen LogP contribution in [0.15, 0.2) is 45.3 Å². The number of carbonyl (C=O) groups excluding carboxylic acids is 1. The first-order chi connectivity index (χ1) is 12.5. The number of fused-ring (bicyclic) bond motifs is 1. The summed E-state index contributed by atoms with van der Waals surface area (Å²) in [5.74, 6) is -0.647. The van der Waals surface area contributed by atoms with Crippen LogP contribution in [0.2, 0.25) is 0 Å². The van der Waals surface area contributed by atoms with E-state index in [2.05, 4.69) is 20.9 Å². The van der Waals surface area contributed by atoms with Crippen LogP contribution in [0.1, 0.15) is 35.0 Å². The van der Waals surface area contributed by atoms with Gasteiger partial charge in [-0.1, -0.05) is 28.1 Å². The number of halogens is 2. The van der Waals surface area contributed by atoms with Gasteiger partial charge in [0, 0.05) is 17.6 Å². The second-order valence-corrected chi connectivity index (χ2v) is 7.37. The molecule has 1 saturated heterocycles. The number of nitrogens with two attached hydrogens (primary N) is 1. The monoisotopic (exact) mass is 417 g/mol. The van der Waals surface area contributed by atoms with Crippen molar-refractivity contribution in [3.8, 4) is 0 Å². The molecule has 1 atom stereocenters. The highest BCUT2D eigenvalue weighted by Crippen LogP contribution is 2.34. The summed E-state index contributed by atoms with van der Waals surface area (Å²) in [7, 11) is 0. The normalized spacial score (nSPS) is 17.6. The molecule has 5 nitrogen and oxygen atoms in total. The minimum atomic E-state index is -0.769. The van der Waals surface area contributed by atoms with Crippen LogP contribution in [-0.2, 0) is 0 Å². The number of amides is 1. The molecule has 0 aliphatic carbocycles. The van der Waals surface area contributed by atoms with Gasteiger partial charge in [-0.25, -0.2) is 9.37 Å². The van der Waals surface area contributed by atoms with E-state index in [1.165, 1.54) is 6.07 Å². The Hall–Kier alpha value is -2.41. The number of aromatic nitrogens is 1. The highest BCUT2D eigenvalue weighted by Gasteiger charge is 2.28. The third kappa shape index (κ3) is 3.07. The molecule has 7 heteroatoms. The number of hydrogen-bond acceptors (Lipinski definition) is 4. The van der Waals surface area contributed by atoms with E-state index in [1.54, 1.807) is 6.07 Å². The molecule has 0 saturated carbocycles. The van der Waals surface area contributed by atoms with Crippen molar-refractivity contribution in [2.75, 3.05) is 18.0 Å². The van der Waals surface area contributed by atoms with E-state index in [-0.39, 0.29) is 11.5 Å². The summed E-state index contributed by atoms with van der Waals surface area (Å²) in [4.78, 5) is 18.3. The summed E-state index contributed by atoms with van der Waals surface area (Å²) in [5, 5.41) is 0. The van der Waals surface area contributed by atoms with Crippen molar-refractivity contribution in [3.63, 3.8) is 0 Å². The maximum Gasteiger partial charge on any atom is 0.253 e. The largest absolute Gasteiger partial charge is 0.440 e. The fourth-order valence-corrected chi connectivity index (χ4v) is 3.93. The number of primary amides is 1. The van der Waals surface area contributed by atoms with Crippen molar-refractivity contribution < 1.29 is 13.6 Å². The minimum Gasteiger partial charge on any atom is -0.440 e. The fourth-order valence-electron chi connectivity index (χ4n) is 3.52. The van der Waals surface area contributed by atoms with Crippen LogP contribution in [0.25, 0.3) is 11.1 Å². The van der Waals surface area contributed by atoms with Gasteiger partial charge in [-0.3, -0.25) is 4.79 Å². The topological polar surface area (TPSA) is 72.4 Å². The lowest BCUT2D eigenvalue weighted by molar-refractivity contribution is 0.0997. The lowest BCUT2D eigenvalue weighted by Crippen LogP contribution is -2.36. The predicted molar refractivity (Wildman–Crippen MR) is 101 cm³/mol. The SMILES string of the molecule is NC(=O)c1c(F)cc(Br)cc1N1CCCC(c2nc3ccccc3o2)C1. The highest BCUT2D eigenvalue weighted by molar-refractivity contribution is 9.10. The number of nitrogens with zero attached hydrogens (tertiary/aromatic N) is 2. The Labute approximate surface area is 158 Å². The summed E-state index contributed by atoms with van der Waals surface area (Å²) in [6.45, 7) is 1.30. The molecule has 1 aliphatic rings. The Balaban J connectivity index is 1.68. The lowest BCUT2D eigenvalue weighted by Gasteiger charge is -2.34. The van der Waals surface area contributed by atoms with Crippen LogP contribution in [0.3, 0.4) is 0 Å². The third-order valence-electron chi connectivity index (χ3n) is 4.70. The van der Waals surface area contributed by atoms with E-state index in [0.29, 0.717) is 29.1 Å². The zero-order valence-corrected chi connectivity index (χ0v) is 15.5. The standard InChI is InChI=1S/C19H17BrFN3O2/c20-12-8-13(21)17(18(22)25)15(9-12)24-7-3-4-11(10-24)19-23-14-5-1-2-6-16(14)26-19/h1-2,5-6,8-9,11H,3-4,7,10H2,(H2,22,25). The van der Waals surface area contributed by atoms with E-state index in [0.717, 1.165) is 23.9 Å². The zero-order valence-electron chi connectivity index (χ0n) is 13.9. The number of benzene rings is 2. The van der Waals surface area contributed by atoms with Crippen molar-refractivity contribution in [1.29, 1.82) is 0 Å². The highest BCUT2D eigenvalue weighted by atomic mass is 79.9. The van der Waals surface area contributed by atoms with Gasteiger partial charge in [-0.2, -0.15) is 0 Å². The quantitative estimate of drug-likeness (QED) is 0.692. The van der Waals surface area contributed by atoms with Crippen molar-refractivity contribution >= 4 is 38.6 Å². The van der Waals surface area contributed by atoms with Gasteiger partial charge in [0.1, 0.15) is 11.3 Å². The van der Waals surface area contributed by atoms with Crippen LogP contribution >= 0.6 is 15.9 Å². The average molecular weight is 418 g/mol. The maximum absolute atomic E-state index is 14.3. The van der Waals surface area contributed by atoms with E-state index >= 15 is 0 Å². The summed E-state index contributed by atoms with van der Waals surface area (Å²) in [6.07, 6.45) is 1.81. The molecule has 0 radical (unpaired) electrons. The Morgan fingerprint density at radius 3 is 2.92 bits per heavy atom. The van der Waals surface area contributed by atoms with Crippen LogP contribution in [-0.4, -0.2) is 24.0 Å². The molecule has 2 aromatic carbocycles. The van der Waals surface area contributed by atoms with Gasteiger partial charge < -0.3 is 15.1 Å². The molecule has 3 aromatic rings. The number of carbonyl (C=O) groups is 1. The van der Waals surface area contributed by atoms with Crippen LogP contribution in [0.4, 0.5) is 10.1 Å². The van der Waals surface area contributed by atoms with Gasteiger partial charge >= 0.3 is 0 Å². The number of rotatable bonds is 3. The van der Waals surface area contributed by atoms with Gasteiger partial charge in [-0.15, -0.1) is 0 Å². The number of piperidine rings is 1. The van der Waals surface area contributed by atoms with E-state index in [1.807, 2.05) is 29.2 Å². The molecular formula is C19H17BrFN3O2. The third-order valence-corrected chi connectivity index (χ3v) is 5.16. The second-order valence-electron chi connectivity index (χ2n) is 6.45. The van der Waals surface area contributed by atoms with Gasteiger partial charge in [0.2, 0.25) is 0 Å². The lowest BCUT2D eigenvalue weighted by atomic mass is 9.96. The molecule has 2 heterocycles. The molecule has 26 heavy (non-hydrogen) atoms. The molecule has 134 valence electrons. The summed E-state index contributed by atoms with van der Waals surface area (Å²) in [6, 6.07) is 10.6. The predicted octanol–water partition coefficient (Wildman–Crippen LogP) is 4.21. The summed E-state index contributed by atoms with van der Waals surface area (Å²) < 4.78 is 20.8. The number of oxazole rings is 1. The molecular weight excluding hydrogens is 401 g/mol. The van der Waals surface area contributed by atoms with Crippen LogP contribution in [0, 0.1) is 5.82 Å². The fraction of sp³-hybridized carbons (Fsp3) is 0.263. The number of anilines is 1. The molecule has 1 unspecified atom stereocenters. The molecule has 0 bridgehead atoms. The molecule has 0 spiro atoms. The van der Waals surface area contributed by atoms with Gasteiger partial charge in [0.25, 0.3) is 5.91 Å². The average Bonchev–Trinajstić information content (AvgIpc) is 3.05. The van der Waals surface area contributed by atoms with E-state index in [4.69, 9.17) is 10.2 Å². The zero-order chi connectivity index (χ0) is 18.3. The van der Waals surface area contributed by atoms with Gasteiger partial charge in [-0.05, 0) is 37.1 Å². The molecule has 1 aromatic heterocycles. The van der Waals surface area contributed by atoms with E-state index < -0.39 is 11.7 Å². The van der Waals surface area contributed by atoms with Crippen molar-refractivity contribution in [2.24, 2.45) is 5.73 Å². The minimum absolute atomic E-state index is 0.0684. The van der Waals surface area contributed by atoms with Gasteiger partial charge in [0.05, 0.1) is 17.2 Å². The van der Waals surface area contributed by atoms with Crippen molar-refractivity contribution in [1.82, 2.24) is 4.98 Å². The first kappa shape index (κ1) is 17.0. The Morgan fingerprint density at radius 1 is 1.35 bits per heavy atom. The van der Waals surface area contributed by atoms with Crippen LogP contribution in [0.5, 0.6) is 0 Å². The Morgan fingerprint density at radius 2 is 2.15 bits per heavy atom. The molecule has 1 amide bonds. The number of para-hydroxylation sites is 2. The van der Waals surface area contributed by atoms with Crippen LogP contribution < -0.4 is 10.6 Å². The van der Waals surface area contributed by atoms with Crippen molar-refractivity contribution in [2.45, 2.75) is 18.8 Å². The smallest absolute Gasteiger partial charge is 0.253 e. The maximum atomic E-state index is 14.3. The molecule has 4 rings (SSSR count). The summed E-state index contributed by atoms with van der Waals surface area (Å²) >= 11 is 3.30. The second kappa shape index (κ2) is 6.72.